The molecule has 0 nitrogen and oxygen atoms in total. The molecule has 0 amide bonds. The third-order valence-corrected chi connectivity index (χ3v) is 1.64. The minimum Gasteiger partial charge on any atom is -0.237 e. The normalized spacial score (nSPS) is 15.9. The van der Waals surface area contributed by atoms with Gasteiger partial charge in [-0.2, -0.15) is 13.2 Å². The molecule has 0 aliphatic carbocycles. The Hall–Kier alpha value is -0.420. The van der Waals surface area contributed by atoms with Gasteiger partial charge < -0.3 is 0 Å². The maximum absolute atomic E-state index is 12.4. The van der Waals surface area contributed by atoms with Crippen molar-refractivity contribution in [1.29, 1.82) is 0 Å². The molecule has 0 radical (unpaired) electrons. The largest absolute Gasteiger partial charge is 0.419 e. The van der Waals surface area contributed by atoms with Gasteiger partial charge in [0.25, 0.3) is 0 Å². The molecule has 0 rings (SSSR count). The van der Waals surface area contributed by atoms with Crippen LogP contribution in [0.2, 0.25) is 0 Å². The molecule has 0 bridgehead atoms. The van der Waals surface area contributed by atoms with Crippen LogP contribution in [0.15, 0.2) is 0 Å². The van der Waals surface area contributed by atoms with Gasteiger partial charge in [-0.25, -0.2) is 13.2 Å². The van der Waals surface area contributed by atoms with Crippen molar-refractivity contribution in [2.45, 2.75) is 44.5 Å². The van der Waals surface area contributed by atoms with E-state index < -0.39 is 37.5 Å². The minimum absolute atomic E-state index is 0.572. The second kappa shape index (κ2) is 4.19. The van der Waals surface area contributed by atoms with Gasteiger partial charge in [-0.05, 0) is 6.42 Å². The van der Waals surface area contributed by atoms with Gasteiger partial charge in [0.05, 0.1) is 0 Å². The Bertz CT molecular complexity index is 150. The minimum atomic E-state index is -5.02. The maximum atomic E-state index is 12.4. The quantitative estimate of drug-likeness (QED) is 0.618. The van der Waals surface area contributed by atoms with Crippen molar-refractivity contribution in [2.24, 2.45) is 0 Å². The lowest BCUT2D eigenvalue weighted by atomic mass is 10.1. The molecule has 0 aliphatic heterocycles. The van der Waals surface area contributed by atoms with Crippen molar-refractivity contribution in [3.63, 3.8) is 0 Å². The summed E-state index contributed by atoms with van der Waals surface area (Å²) in [5.41, 5.74) is 0. The van der Waals surface area contributed by atoms with Crippen molar-refractivity contribution in [1.82, 2.24) is 0 Å². The smallest absolute Gasteiger partial charge is 0.237 e. The van der Waals surface area contributed by atoms with Gasteiger partial charge in [0, 0.05) is 12.8 Å². The molecular formula is C7H10F6. The molecule has 0 aliphatic rings. The van der Waals surface area contributed by atoms with Crippen molar-refractivity contribution >= 4 is 0 Å². The summed E-state index contributed by atoms with van der Waals surface area (Å²) < 4.78 is 71.4. The number of hydrogen-bond acceptors (Lipinski definition) is 0. The monoisotopic (exact) mass is 208 g/mol. The lowest BCUT2D eigenvalue weighted by Gasteiger charge is -2.16. The van der Waals surface area contributed by atoms with E-state index in [0.717, 1.165) is 6.92 Å². The van der Waals surface area contributed by atoms with E-state index in [4.69, 9.17) is 0 Å². The van der Waals surface area contributed by atoms with Crippen LogP contribution in [0.3, 0.4) is 0 Å². The van der Waals surface area contributed by atoms with E-state index in [2.05, 4.69) is 0 Å². The van der Waals surface area contributed by atoms with E-state index in [-0.39, 0.29) is 0 Å². The van der Waals surface area contributed by atoms with Gasteiger partial charge >= 0.3 is 6.18 Å². The molecule has 0 fully saturated rings. The van der Waals surface area contributed by atoms with Gasteiger partial charge in [-0.1, -0.05) is 6.92 Å². The molecular weight excluding hydrogens is 198 g/mol. The van der Waals surface area contributed by atoms with E-state index in [1.165, 1.54) is 0 Å². The molecule has 0 aromatic carbocycles. The number of halogens is 6. The van der Waals surface area contributed by atoms with E-state index in [1.54, 1.807) is 0 Å². The van der Waals surface area contributed by atoms with Crippen LogP contribution in [0, 0.1) is 0 Å². The molecule has 0 heterocycles. The maximum Gasteiger partial charge on any atom is 0.419 e. The molecule has 6 heteroatoms. The van der Waals surface area contributed by atoms with Crippen LogP contribution in [-0.2, 0) is 0 Å². The third kappa shape index (κ3) is 5.00. The summed E-state index contributed by atoms with van der Waals surface area (Å²) in [6.07, 6.45) is -11.0. The number of hydrogen-bond donors (Lipinski definition) is 0. The molecule has 0 N–H and O–H groups in total. The highest BCUT2D eigenvalue weighted by molar-refractivity contribution is 4.71. The van der Waals surface area contributed by atoms with Gasteiger partial charge in [0.15, 0.2) is 6.17 Å². The number of alkyl halides is 6. The first-order valence-corrected chi connectivity index (χ1v) is 3.77. The molecule has 13 heavy (non-hydrogen) atoms. The molecule has 0 aromatic rings. The first kappa shape index (κ1) is 12.6. The molecule has 80 valence electrons. The summed E-state index contributed by atoms with van der Waals surface area (Å²) in [5, 5.41) is 0. The Balaban J connectivity index is 3.90. The molecule has 0 saturated heterocycles. The predicted octanol–water partition coefficient (Wildman–Crippen LogP) is 3.71. The Morgan fingerprint density at radius 2 is 1.54 bits per heavy atom. The van der Waals surface area contributed by atoms with E-state index in [0.29, 0.717) is 0 Å². The van der Waals surface area contributed by atoms with Gasteiger partial charge in [0.1, 0.15) is 0 Å². The van der Waals surface area contributed by atoms with E-state index >= 15 is 0 Å². The summed E-state index contributed by atoms with van der Waals surface area (Å²) in [4.78, 5) is 0. The van der Waals surface area contributed by atoms with Crippen molar-refractivity contribution in [3.8, 4) is 0 Å². The predicted molar refractivity (Wildman–Crippen MR) is 35.4 cm³/mol. The fourth-order valence-electron chi connectivity index (χ4n) is 0.678. The highest BCUT2D eigenvalue weighted by atomic mass is 19.4. The first-order valence-electron chi connectivity index (χ1n) is 3.77. The fourth-order valence-corrected chi connectivity index (χ4v) is 0.678. The van der Waals surface area contributed by atoms with Crippen LogP contribution in [-0.4, -0.2) is 18.3 Å². The molecule has 0 saturated carbocycles. The zero-order chi connectivity index (χ0) is 10.7. The van der Waals surface area contributed by atoms with Crippen molar-refractivity contribution < 1.29 is 26.3 Å². The third-order valence-electron chi connectivity index (χ3n) is 1.64. The van der Waals surface area contributed by atoms with Crippen molar-refractivity contribution in [2.75, 3.05) is 0 Å². The van der Waals surface area contributed by atoms with Crippen molar-refractivity contribution in [3.05, 3.63) is 0 Å². The first-order chi connectivity index (χ1) is 5.69. The molecule has 0 spiro atoms. The van der Waals surface area contributed by atoms with Crippen LogP contribution >= 0.6 is 0 Å². The summed E-state index contributed by atoms with van der Waals surface area (Å²) in [5.74, 6) is -3.20. The summed E-state index contributed by atoms with van der Waals surface area (Å²) in [6.45, 7) is 1.14. The zero-order valence-electron chi connectivity index (χ0n) is 6.97. The average molecular weight is 208 g/mol. The van der Waals surface area contributed by atoms with Crippen LogP contribution in [0.25, 0.3) is 0 Å². The van der Waals surface area contributed by atoms with E-state index in [9.17, 15) is 26.3 Å². The van der Waals surface area contributed by atoms with Gasteiger partial charge in [0.2, 0.25) is 5.92 Å². The highest BCUT2D eigenvalue weighted by Crippen LogP contribution is 2.31. The van der Waals surface area contributed by atoms with Gasteiger partial charge in [-0.15, -0.1) is 0 Å². The Morgan fingerprint density at radius 1 is 1.08 bits per heavy atom. The lowest BCUT2D eigenvalue weighted by Crippen LogP contribution is -2.27. The topological polar surface area (TPSA) is 0 Å². The Morgan fingerprint density at radius 3 is 1.85 bits per heavy atom. The van der Waals surface area contributed by atoms with Crippen LogP contribution in [0.5, 0.6) is 0 Å². The SMILES string of the molecule is CCC(F)(F)CC[C@H](F)C(F)(F)F. The summed E-state index contributed by atoms with van der Waals surface area (Å²) >= 11 is 0. The van der Waals surface area contributed by atoms with Gasteiger partial charge in [-0.3, -0.25) is 0 Å². The molecule has 1 atom stereocenters. The second-order valence-electron chi connectivity index (χ2n) is 2.76. The fraction of sp³-hybridized carbons (Fsp3) is 1.00. The second-order valence-corrected chi connectivity index (χ2v) is 2.76. The van der Waals surface area contributed by atoms with Crippen LogP contribution in [0.4, 0.5) is 26.3 Å². The molecule has 0 unspecified atom stereocenters. The summed E-state index contributed by atoms with van der Waals surface area (Å²) in [7, 11) is 0. The average Bonchev–Trinajstić information content (AvgIpc) is 1.98. The zero-order valence-corrected chi connectivity index (χ0v) is 6.97. The Kier molecular flexibility index (Phi) is 4.06. The lowest BCUT2D eigenvalue weighted by molar-refractivity contribution is -0.185. The standard InChI is InChI=1S/C7H10F6/c1-2-6(9,10)4-3-5(8)7(11,12)13/h5H,2-4H2,1H3/t5-/m0/s1. The number of rotatable bonds is 4. The summed E-state index contributed by atoms with van der Waals surface area (Å²) in [6, 6.07) is 0. The van der Waals surface area contributed by atoms with Crippen LogP contribution < -0.4 is 0 Å². The van der Waals surface area contributed by atoms with E-state index in [1.807, 2.05) is 0 Å². The Labute approximate surface area is 71.9 Å². The molecule has 0 aromatic heterocycles. The van der Waals surface area contributed by atoms with Crippen LogP contribution in [0.1, 0.15) is 26.2 Å². The highest BCUT2D eigenvalue weighted by Gasteiger charge is 2.41.